The van der Waals surface area contributed by atoms with Gasteiger partial charge in [0.25, 0.3) is 0 Å². The number of rotatable bonds is 6. The molecule has 0 saturated heterocycles. The Morgan fingerprint density at radius 1 is 1.20 bits per heavy atom. The van der Waals surface area contributed by atoms with Gasteiger partial charge in [0, 0.05) is 12.6 Å². The zero-order valence-electron chi connectivity index (χ0n) is 10.2. The van der Waals surface area contributed by atoms with Crippen LogP contribution in [0.25, 0.3) is 0 Å². The normalized spacial score (nSPS) is 13.2. The van der Waals surface area contributed by atoms with Gasteiger partial charge in [-0.15, -0.1) is 0 Å². The van der Waals surface area contributed by atoms with Gasteiger partial charge in [0.2, 0.25) is 0 Å². The van der Waals surface area contributed by atoms with Crippen molar-refractivity contribution >= 4 is 5.97 Å². The lowest BCUT2D eigenvalue weighted by atomic mass is 10.1. The summed E-state index contributed by atoms with van der Waals surface area (Å²) < 4.78 is 62.6. The Morgan fingerprint density at radius 3 is 2.20 bits per heavy atom. The number of carbonyl (C=O) groups is 1. The Balaban J connectivity index is 2.46. The molecule has 0 aliphatic carbocycles. The van der Waals surface area contributed by atoms with Gasteiger partial charge < -0.3 is 10.4 Å². The summed E-state index contributed by atoms with van der Waals surface area (Å²) in [6, 6.07) is 2.80. The Bertz CT molecular complexity index is 455. The maximum absolute atomic E-state index is 12.8. The molecule has 0 amide bonds. The average molecular weight is 297 g/mol. The lowest BCUT2D eigenvalue weighted by Crippen LogP contribution is -2.39. The monoisotopic (exact) mass is 297 g/mol. The molecule has 3 nitrogen and oxygen atoms in total. The van der Waals surface area contributed by atoms with Gasteiger partial charge >= 0.3 is 12.1 Å². The molecule has 0 aliphatic heterocycles. The highest BCUT2D eigenvalue weighted by molar-refractivity contribution is 5.71. The highest BCUT2D eigenvalue weighted by Crippen LogP contribution is 2.25. The molecule has 1 aromatic carbocycles. The molecular formula is C12H12F5NO2. The van der Waals surface area contributed by atoms with Gasteiger partial charge in [0.05, 0.1) is 0 Å². The van der Waals surface area contributed by atoms with E-state index in [1.54, 1.807) is 0 Å². The lowest BCUT2D eigenvalue weighted by Gasteiger charge is -2.16. The molecule has 20 heavy (non-hydrogen) atoms. The zero-order valence-corrected chi connectivity index (χ0v) is 10.2. The summed E-state index contributed by atoms with van der Waals surface area (Å²) in [5.41, 5.74) is 0.272. The van der Waals surface area contributed by atoms with E-state index in [2.05, 4.69) is 5.32 Å². The number of nitrogens with one attached hydrogen (secondary N) is 1. The quantitative estimate of drug-likeness (QED) is 0.626. The summed E-state index contributed by atoms with van der Waals surface area (Å²) in [5.74, 6) is -6.04. The van der Waals surface area contributed by atoms with Crippen LogP contribution < -0.4 is 5.32 Å². The summed E-state index contributed by atoms with van der Waals surface area (Å²) in [6.07, 6.45) is -4.76. The Hall–Kier alpha value is -1.70. The maximum Gasteiger partial charge on any atom is 0.403 e. The highest BCUT2D eigenvalue weighted by Gasteiger charge is 2.44. The summed E-state index contributed by atoms with van der Waals surface area (Å²) in [7, 11) is 0. The van der Waals surface area contributed by atoms with Gasteiger partial charge in [-0.3, -0.25) is 4.79 Å². The second-order valence-corrected chi connectivity index (χ2v) is 4.16. The molecule has 1 rings (SSSR count). The molecule has 1 unspecified atom stereocenters. The van der Waals surface area contributed by atoms with Crippen molar-refractivity contribution in [2.24, 2.45) is 5.92 Å². The van der Waals surface area contributed by atoms with Crippen molar-refractivity contribution in [2.75, 3.05) is 13.1 Å². The average Bonchev–Trinajstić information content (AvgIpc) is 2.24. The van der Waals surface area contributed by atoms with Gasteiger partial charge in [-0.2, -0.15) is 13.2 Å². The van der Waals surface area contributed by atoms with Crippen LogP contribution in [0.4, 0.5) is 22.0 Å². The Morgan fingerprint density at radius 2 is 1.75 bits per heavy atom. The van der Waals surface area contributed by atoms with Crippen molar-refractivity contribution in [3.8, 4) is 0 Å². The van der Waals surface area contributed by atoms with Crippen LogP contribution in [0.15, 0.2) is 18.2 Å². The van der Waals surface area contributed by atoms with Crippen LogP contribution in [0.1, 0.15) is 5.56 Å². The van der Waals surface area contributed by atoms with Crippen molar-refractivity contribution < 1.29 is 31.9 Å². The lowest BCUT2D eigenvalue weighted by molar-refractivity contribution is -0.192. The third-order valence-electron chi connectivity index (χ3n) is 2.55. The molecule has 112 valence electrons. The van der Waals surface area contributed by atoms with E-state index in [-0.39, 0.29) is 18.5 Å². The summed E-state index contributed by atoms with van der Waals surface area (Å²) in [4.78, 5) is 10.4. The molecule has 0 aromatic heterocycles. The number of hydrogen-bond donors (Lipinski definition) is 2. The number of carboxylic acids is 1. The number of hydrogen-bond acceptors (Lipinski definition) is 2. The minimum absolute atomic E-state index is 0.0250. The fourth-order valence-corrected chi connectivity index (χ4v) is 1.58. The summed E-state index contributed by atoms with van der Waals surface area (Å²) in [6.45, 7) is -0.820. The molecule has 0 spiro atoms. The van der Waals surface area contributed by atoms with Crippen LogP contribution >= 0.6 is 0 Å². The summed E-state index contributed by atoms with van der Waals surface area (Å²) in [5, 5.41) is 10.8. The van der Waals surface area contributed by atoms with Crippen LogP contribution in [-0.4, -0.2) is 30.3 Å². The third kappa shape index (κ3) is 5.12. The second kappa shape index (κ2) is 6.65. The smallest absolute Gasteiger partial charge is 0.403 e. The van der Waals surface area contributed by atoms with E-state index in [0.29, 0.717) is 6.07 Å². The van der Waals surface area contributed by atoms with E-state index in [1.807, 2.05) is 0 Å². The van der Waals surface area contributed by atoms with Crippen molar-refractivity contribution in [1.29, 1.82) is 0 Å². The first-order valence-corrected chi connectivity index (χ1v) is 5.65. The number of aliphatic carboxylic acids is 1. The highest BCUT2D eigenvalue weighted by atomic mass is 19.4. The first-order chi connectivity index (χ1) is 9.20. The molecule has 0 fully saturated rings. The summed E-state index contributed by atoms with van der Waals surface area (Å²) >= 11 is 0. The van der Waals surface area contributed by atoms with E-state index in [9.17, 15) is 26.7 Å². The molecular weight excluding hydrogens is 285 g/mol. The number of carboxylic acid groups (broad SMARTS) is 1. The predicted molar refractivity (Wildman–Crippen MR) is 60.1 cm³/mol. The van der Waals surface area contributed by atoms with E-state index in [4.69, 9.17) is 5.11 Å². The molecule has 2 N–H and O–H groups in total. The zero-order chi connectivity index (χ0) is 15.3. The van der Waals surface area contributed by atoms with Gasteiger partial charge in [0.1, 0.15) is 11.6 Å². The van der Waals surface area contributed by atoms with Crippen molar-refractivity contribution in [2.45, 2.75) is 12.6 Å². The number of alkyl halides is 3. The van der Waals surface area contributed by atoms with Crippen LogP contribution in [0.2, 0.25) is 0 Å². The van der Waals surface area contributed by atoms with Gasteiger partial charge in [-0.25, -0.2) is 8.78 Å². The molecule has 0 heterocycles. The van der Waals surface area contributed by atoms with Crippen molar-refractivity contribution in [1.82, 2.24) is 5.32 Å². The fourth-order valence-electron chi connectivity index (χ4n) is 1.58. The third-order valence-corrected chi connectivity index (χ3v) is 2.55. The van der Waals surface area contributed by atoms with E-state index in [1.165, 1.54) is 0 Å². The predicted octanol–water partition coefficient (Wildman–Crippen LogP) is 2.36. The van der Waals surface area contributed by atoms with Crippen LogP contribution in [0.5, 0.6) is 0 Å². The fraction of sp³-hybridized carbons (Fsp3) is 0.417. The van der Waals surface area contributed by atoms with Crippen LogP contribution in [0.3, 0.4) is 0 Å². The Labute approximate surface area is 111 Å². The molecule has 1 aromatic rings. The van der Waals surface area contributed by atoms with E-state index >= 15 is 0 Å². The second-order valence-electron chi connectivity index (χ2n) is 4.16. The standard InChI is InChI=1S/C12H12F5NO2/c13-8-3-7(4-9(14)5-8)1-2-18-6-10(11(19)20)12(15,16)17/h3-5,10,18H,1-2,6H2,(H,19,20). The van der Waals surface area contributed by atoms with Crippen LogP contribution in [0, 0.1) is 17.6 Å². The number of benzene rings is 1. The van der Waals surface area contributed by atoms with E-state index < -0.39 is 36.2 Å². The largest absolute Gasteiger partial charge is 0.481 e. The molecule has 0 radical (unpaired) electrons. The minimum Gasteiger partial charge on any atom is -0.481 e. The topological polar surface area (TPSA) is 49.3 Å². The van der Waals surface area contributed by atoms with Gasteiger partial charge in [0.15, 0.2) is 5.92 Å². The van der Waals surface area contributed by atoms with Gasteiger partial charge in [-0.1, -0.05) is 0 Å². The number of halogens is 5. The van der Waals surface area contributed by atoms with Crippen molar-refractivity contribution in [3.63, 3.8) is 0 Å². The van der Waals surface area contributed by atoms with Crippen molar-refractivity contribution in [3.05, 3.63) is 35.4 Å². The molecule has 1 atom stereocenters. The SMILES string of the molecule is O=C(O)C(CNCCc1cc(F)cc(F)c1)C(F)(F)F. The molecule has 0 aliphatic rings. The first-order valence-electron chi connectivity index (χ1n) is 5.65. The van der Waals surface area contributed by atoms with E-state index in [0.717, 1.165) is 12.1 Å². The van der Waals surface area contributed by atoms with Crippen LogP contribution in [-0.2, 0) is 11.2 Å². The molecule has 0 bridgehead atoms. The first kappa shape index (κ1) is 16.4. The van der Waals surface area contributed by atoms with Gasteiger partial charge in [-0.05, 0) is 30.7 Å². The molecule has 0 saturated carbocycles. The molecule has 8 heteroatoms. The Kier molecular flexibility index (Phi) is 5.43. The minimum atomic E-state index is -4.84. The maximum atomic E-state index is 12.8.